The summed E-state index contributed by atoms with van der Waals surface area (Å²) >= 11 is 1.84. The van der Waals surface area contributed by atoms with Crippen molar-refractivity contribution in [3.8, 4) is 11.4 Å². The zero-order valence-corrected chi connectivity index (χ0v) is 21.6. The lowest BCUT2D eigenvalue weighted by molar-refractivity contribution is 1.11. The molecule has 4 heterocycles. The summed E-state index contributed by atoms with van der Waals surface area (Å²) in [5, 5.41) is 4.77. The van der Waals surface area contributed by atoms with E-state index in [2.05, 4.69) is 124 Å². The van der Waals surface area contributed by atoms with Gasteiger partial charge in [-0.3, -0.25) is 9.13 Å². The summed E-state index contributed by atoms with van der Waals surface area (Å²) in [4.78, 5) is 10.8. The van der Waals surface area contributed by atoms with Gasteiger partial charge in [0.1, 0.15) is 11.0 Å². The van der Waals surface area contributed by atoms with E-state index in [1.807, 2.05) is 17.4 Å². The second-order valence-electron chi connectivity index (χ2n) is 9.86. The first-order valence-electron chi connectivity index (χ1n) is 13.0. The van der Waals surface area contributed by atoms with Crippen molar-refractivity contribution < 1.29 is 0 Å². The molecule has 4 nitrogen and oxygen atoms in total. The maximum atomic E-state index is 5.43. The molecule has 0 aliphatic carbocycles. The van der Waals surface area contributed by atoms with Crippen molar-refractivity contribution >= 4 is 75.6 Å². The highest BCUT2D eigenvalue weighted by atomic mass is 32.1. The van der Waals surface area contributed by atoms with Gasteiger partial charge in [-0.1, -0.05) is 84.9 Å². The molecular weight excluding hydrogens is 496 g/mol. The maximum Gasteiger partial charge on any atom is 0.166 e. The second kappa shape index (κ2) is 7.76. The quantitative estimate of drug-likeness (QED) is 0.230. The minimum Gasteiger partial charge on any atom is -0.292 e. The van der Waals surface area contributed by atoms with Crippen LogP contribution in [0.25, 0.3) is 75.7 Å². The van der Waals surface area contributed by atoms with Gasteiger partial charge in [0, 0.05) is 31.9 Å². The monoisotopic (exact) mass is 516 g/mol. The van der Waals surface area contributed by atoms with E-state index in [4.69, 9.17) is 9.97 Å². The Labute approximate surface area is 227 Å². The first-order valence-corrected chi connectivity index (χ1v) is 13.8. The summed E-state index contributed by atoms with van der Waals surface area (Å²) < 4.78 is 7.09. The molecule has 0 atom stereocenters. The fourth-order valence-electron chi connectivity index (χ4n) is 6.05. The van der Waals surface area contributed by atoms with Crippen LogP contribution < -0.4 is 0 Å². The van der Waals surface area contributed by atoms with E-state index in [9.17, 15) is 0 Å². The molecule has 0 bridgehead atoms. The van der Waals surface area contributed by atoms with Gasteiger partial charge >= 0.3 is 0 Å². The number of thiophene rings is 1. The number of nitrogens with zero attached hydrogens (tertiary/aromatic N) is 4. The van der Waals surface area contributed by atoms with Crippen molar-refractivity contribution in [3.63, 3.8) is 0 Å². The molecule has 5 heteroatoms. The Morgan fingerprint density at radius 1 is 0.462 bits per heavy atom. The van der Waals surface area contributed by atoms with Crippen LogP contribution in [0.4, 0.5) is 0 Å². The minimum atomic E-state index is 0.863. The molecular formula is C34H20N4S. The summed E-state index contributed by atoms with van der Waals surface area (Å²) in [5.41, 5.74) is 8.00. The van der Waals surface area contributed by atoms with Crippen molar-refractivity contribution in [1.29, 1.82) is 0 Å². The van der Waals surface area contributed by atoms with Crippen LogP contribution in [0.1, 0.15) is 0 Å². The highest BCUT2D eigenvalue weighted by Gasteiger charge is 2.22. The fraction of sp³-hybridized carbons (Fsp3) is 0. The van der Waals surface area contributed by atoms with Crippen molar-refractivity contribution in [1.82, 2.24) is 19.1 Å². The van der Waals surface area contributed by atoms with Crippen LogP contribution >= 0.6 is 11.3 Å². The Kier molecular flexibility index (Phi) is 4.18. The number of aromatic nitrogens is 4. The van der Waals surface area contributed by atoms with Crippen LogP contribution in [-0.2, 0) is 0 Å². The fourth-order valence-corrected chi connectivity index (χ4v) is 7.25. The molecule has 0 saturated heterocycles. The summed E-state index contributed by atoms with van der Waals surface area (Å²) in [6.07, 6.45) is 0. The summed E-state index contributed by atoms with van der Waals surface area (Å²) in [6, 6.07) is 42.7. The average Bonchev–Trinajstić information content (AvgIpc) is 3.64. The topological polar surface area (TPSA) is 35.6 Å². The zero-order valence-electron chi connectivity index (χ0n) is 20.7. The van der Waals surface area contributed by atoms with E-state index in [1.54, 1.807) is 0 Å². The molecule has 5 aromatic carbocycles. The molecule has 4 aromatic heterocycles. The molecule has 182 valence electrons. The van der Waals surface area contributed by atoms with Gasteiger partial charge in [-0.15, -0.1) is 11.3 Å². The van der Waals surface area contributed by atoms with Crippen molar-refractivity contribution in [2.24, 2.45) is 0 Å². The second-order valence-corrected chi connectivity index (χ2v) is 10.9. The van der Waals surface area contributed by atoms with Gasteiger partial charge in [0.25, 0.3) is 0 Å². The summed E-state index contributed by atoms with van der Waals surface area (Å²) in [7, 11) is 0. The van der Waals surface area contributed by atoms with Crippen LogP contribution in [-0.4, -0.2) is 19.1 Å². The molecule has 0 N–H and O–H groups in total. The minimum absolute atomic E-state index is 0.863. The van der Waals surface area contributed by atoms with Gasteiger partial charge in [0.2, 0.25) is 0 Å². The largest absolute Gasteiger partial charge is 0.292 e. The van der Waals surface area contributed by atoms with Crippen LogP contribution in [0.15, 0.2) is 121 Å². The molecule has 0 unspecified atom stereocenters. The number of para-hydroxylation sites is 3. The van der Waals surface area contributed by atoms with E-state index in [0.717, 1.165) is 55.5 Å². The van der Waals surface area contributed by atoms with Gasteiger partial charge in [-0.05, 0) is 36.4 Å². The lowest BCUT2D eigenvalue weighted by Gasteiger charge is -2.09. The zero-order chi connectivity index (χ0) is 25.5. The molecule has 0 spiro atoms. The normalized spacial score (nSPS) is 12.1. The van der Waals surface area contributed by atoms with Crippen LogP contribution in [0, 0.1) is 0 Å². The van der Waals surface area contributed by atoms with Gasteiger partial charge in [0.05, 0.1) is 21.4 Å². The Morgan fingerprint density at radius 2 is 1.05 bits per heavy atom. The first-order chi connectivity index (χ1) is 19.4. The maximum absolute atomic E-state index is 5.43. The molecule has 39 heavy (non-hydrogen) atoms. The Morgan fingerprint density at radius 3 is 1.82 bits per heavy atom. The number of fused-ring (bicyclic) bond motifs is 9. The van der Waals surface area contributed by atoms with Gasteiger partial charge in [-0.25, -0.2) is 9.97 Å². The third kappa shape index (κ3) is 2.82. The van der Waals surface area contributed by atoms with Crippen LogP contribution in [0.3, 0.4) is 0 Å². The highest BCUT2D eigenvalue weighted by Crippen LogP contribution is 2.41. The predicted molar refractivity (Wildman–Crippen MR) is 164 cm³/mol. The van der Waals surface area contributed by atoms with E-state index in [-0.39, 0.29) is 0 Å². The lowest BCUT2D eigenvalue weighted by atomic mass is 10.1. The van der Waals surface area contributed by atoms with Gasteiger partial charge < -0.3 is 0 Å². The average molecular weight is 517 g/mol. The predicted octanol–water partition coefficient (Wildman–Crippen LogP) is 9.04. The standard InChI is InChI=1S/C34H20N4S/c1-2-11-21(12-3-1)37-26-17-7-4-14-24(26)30-33(37)36-34-31(35-30)25-15-5-8-18-27(25)38(34)28-19-10-16-23-22-13-6-9-20-29(22)39-32(23)28/h1-20H. The van der Waals surface area contributed by atoms with Crippen molar-refractivity contribution in [3.05, 3.63) is 121 Å². The summed E-state index contributed by atoms with van der Waals surface area (Å²) in [5.74, 6) is 0. The molecule has 0 saturated carbocycles. The molecule has 0 aliphatic rings. The molecule has 9 aromatic rings. The number of hydrogen-bond acceptors (Lipinski definition) is 3. The van der Waals surface area contributed by atoms with Crippen molar-refractivity contribution in [2.45, 2.75) is 0 Å². The highest BCUT2D eigenvalue weighted by molar-refractivity contribution is 7.26. The number of benzene rings is 5. The number of hydrogen-bond donors (Lipinski definition) is 0. The third-order valence-corrected chi connectivity index (χ3v) is 8.93. The molecule has 9 rings (SSSR count). The van der Waals surface area contributed by atoms with E-state index < -0.39 is 0 Å². The molecule has 0 fully saturated rings. The van der Waals surface area contributed by atoms with Gasteiger partial charge in [0.15, 0.2) is 11.3 Å². The Balaban J connectivity index is 1.48. The van der Waals surface area contributed by atoms with Crippen LogP contribution in [0.2, 0.25) is 0 Å². The summed E-state index contributed by atoms with van der Waals surface area (Å²) in [6.45, 7) is 0. The SMILES string of the molecule is c1ccc(-n2c3ccccc3c3nc4c5ccccc5n(-c5cccc6c5sc5ccccc56)c4nc32)cc1. The van der Waals surface area contributed by atoms with Crippen molar-refractivity contribution in [2.75, 3.05) is 0 Å². The van der Waals surface area contributed by atoms with E-state index in [0.29, 0.717) is 0 Å². The molecule has 0 radical (unpaired) electrons. The molecule has 0 amide bonds. The molecule has 0 aliphatic heterocycles. The lowest BCUT2D eigenvalue weighted by Crippen LogP contribution is -1.99. The van der Waals surface area contributed by atoms with E-state index >= 15 is 0 Å². The smallest absolute Gasteiger partial charge is 0.166 e. The first kappa shape index (κ1) is 21.0. The third-order valence-electron chi connectivity index (χ3n) is 7.72. The number of rotatable bonds is 2. The van der Waals surface area contributed by atoms with Gasteiger partial charge in [-0.2, -0.15) is 0 Å². The Bertz CT molecular complexity index is 2390. The van der Waals surface area contributed by atoms with Crippen LogP contribution in [0.5, 0.6) is 0 Å². The Hall–Kier alpha value is -5.00. The van der Waals surface area contributed by atoms with E-state index in [1.165, 1.54) is 20.2 Å².